The van der Waals surface area contributed by atoms with Crippen molar-refractivity contribution in [3.8, 4) is 34.1 Å². The van der Waals surface area contributed by atoms with Crippen LogP contribution in [0.15, 0.2) is 47.3 Å². The number of hydrogen-bond acceptors (Lipinski definition) is 9. The Kier molecular flexibility index (Phi) is 11.5. The van der Waals surface area contributed by atoms with Gasteiger partial charge in [0.15, 0.2) is 11.5 Å². The van der Waals surface area contributed by atoms with Gasteiger partial charge in [-0.3, -0.25) is 19.2 Å². The minimum absolute atomic E-state index is 0.193. The van der Waals surface area contributed by atoms with Gasteiger partial charge < -0.3 is 40.2 Å². The van der Waals surface area contributed by atoms with E-state index in [9.17, 15) is 19.2 Å². The van der Waals surface area contributed by atoms with Crippen LogP contribution in [0.5, 0.6) is 23.0 Å². The van der Waals surface area contributed by atoms with Crippen molar-refractivity contribution in [2.75, 3.05) is 44.4 Å². The lowest BCUT2D eigenvalue weighted by Crippen LogP contribution is -2.40. The molecule has 1 aliphatic rings. The number of ether oxygens (including phenoxy) is 4. The third kappa shape index (κ3) is 7.64. The van der Waals surface area contributed by atoms with Crippen LogP contribution in [0.25, 0.3) is 11.1 Å². The number of nitrogens with one attached hydrogen (secondary N) is 4. The lowest BCUT2D eigenvalue weighted by atomic mass is 9.95. The fourth-order valence-corrected chi connectivity index (χ4v) is 5.99. The number of hydrogen-bond donors (Lipinski definition) is 4. The summed E-state index contributed by atoms with van der Waals surface area (Å²) in [4.78, 5) is 51.8. The van der Waals surface area contributed by atoms with Gasteiger partial charge in [-0.1, -0.05) is 26.3 Å². The summed E-state index contributed by atoms with van der Waals surface area (Å²) in [6.07, 6.45) is 1.72. The minimum atomic E-state index is -0.823. The molecule has 256 valence electrons. The summed E-state index contributed by atoms with van der Waals surface area (Å²) in [6, 6.07) is 10.5. The van der Waals surface area contributed by atoms with Crippen LogP contribution in [-0.2, 0) is 20.8 Å². The Hall–Kier alpha value is -5.26. The molecular formula is C36H44N4O8. The third-order valence-electron chi connectivity index (χ3n) is 8.50. The van der Waals surface area contributed by atoms with Crippen molar-refractivity contribution in [1.82, 2.24) is 5.32 Å². The van der Waals surface area contributed by atoms with Crippen molar-refractivity contribution in [2.24, 2.45) is 5.92 Å². The monoisotopic (exact) mass is 660 g/mol. The Bertz CT molecular complexity index is 1760. The van der Waals surface area contributed by atoms with Crippen molar-refractivity contribution in [2.45, 2.75) is 59.0 Å². The molecule has 0 saturated carbocycles. The standard InChI is InChI=1S/C36H44N4O8/c1-9-19(2)33(36(44)40-28-17-23(37-20(3)41)11-15-30(28)45-5)39-27-14-12-24-25(18-29(27)43)26(38-21(4)42)13-10-22-16-31(46-6)34(47-7)35(48-8)32(22)24/h11-12,14-19,26,33H,9-10,13H2,1-8H3,(H,37,41)(H,38,42)(H,39,43)(H,40,44)/t19-,26+,33+/m1/s1. The summed E-state index contributed by atoms with van der Waals surface area (Å²) >= 11 is 0. The first kappa shape index (κ1) is 35.6. The maximum atomic E-state index is 14.0. The molecule has 3 atom stereocenters. The second-order valence-corrected chi connectivity index (χ2v) is 11.7. The van der Waals surface area contributed by atoms with Crippen LogP contribution >= 0.6 is 0 Å². The van der Waals surface area contributed by atoms with E-state index in [4.69, 9.17) is 18.9 Å². The molecule has 0 spiro atoms. The number of carbonyl (C=O) groups excluding carboxylic acids is 3. The molecule has 0 heterocycles. The largest absolute Gasteiger partial charge is 0.495 e. The lowest BCUT2D eigenvalue weighted by molar-refractivity contribution is -0.120. The highest BCUT2D eigenvalue weighted by atomic mass is 16.5. The second kappa shape index (κ2) is 15.6. The number of amides is 3. The first-order chi connectivity index (χ1) is 22.9. The Morgan fingerprint density at radius 2 is 1.54 bits per heavy atom. The van der Waals surface area contributed by atoms with E-state index in [1.54, 1.807) is 44.6 Å². The van der Waals surface area contributed by atoms with Gasteiger partial charge in [-0.05, 0) is 71.8 Å². The molecule has 4 N–H and O–H groups in total. The van der Waals surface area contributed by atoms with Crippen molar-refractivity contribution >= 4 is 34.8 Å². The molecule has 4 rings (SSSR count). The first-order valence-electron chi connectivity index (χ1n) is 15.8. The van der Waals surface area contributed by atoms with Gasteiger partial charge in [0.05, 0.1) is 45.9 Å². The molecule has 3 aromatic rings. The summed E-state index contributed by atoms with van der Waals surface area (Å²) in [6.45, 7) is 6.71. The van der Waals surface area contributed by atoms with Gasteiger partial charge in [-0.2, -0.15) is 0 Å². The van der Waals surface area contributed by atoms with Crippen LogP contribution in [0, 0.1) is 5.92 Å². The van der Waals surface area contributed by atoms with E-state index in [0.717, 1.165) is 11.1 Å². The Balaban J connectivity index is 1.83. The van der Waals surface area contributed by atoms with Crippen LogP contribution < -0.4 is 45.6 Å². The van der Waals surface area contributed by atoms with Gasteiger partial charge in [-0.15, -0.1) is 0 Å². The van der Waals surface area contributed by atoms with E-state index >= 15 is 0 Å². The molecule has 0 aromatic heterocycles. The van der Waals surface area contributed by atoms with Gasteiger partial charge in [0, 0.05) is 25.1 Å². The summed E-state index contributed by atoms with van der Waals surface area (Å²) < 4.78 is 22.6. The van der Waals surface area contributed by atoms with Crippen molar-refractivity contribution in [3.05, 3.63) is 63.8 Å². The Labute approximate surface area is 280 Å². The quantitative estimate of drug-likeness (QED) is 0.203. The van der Waals surface area contributed by atoms with E-state index in [-0.39, 0.29) is 28.8 Å². The molecule has 0 aliphatic heterocycles. The average Bonchev–Trinajstić information content (AvgIpc) is 3.30. The molecule has 48 heavy (non-hydrogen) atoms. The van der Waals surface area contributed by atoms with Gasteiger partial charge >= 0.3 is 0 Å². The molecule has 0 fully saturated rings. The van der Waals surface area contributed by atoms with E-state index in [1.165, 1.54) is 34.1 Å². The van der Waals surface area contributed by atoms with Crippen LogP contribution in [-0.4, -0.2) is 52.2 Å². The van der Waals surface area contributed by atoms with E-state index in [0.29, 0.717) is 64.8 Å². The number of carbonyl (C=O) groups is 3. The average molecular weight is 661 g/mol. The molecule has 0 radical (unpaired) electrons. The summed E-state index contributed by atoms with van der Waals surface area (Å²) in [5.74, 6) is 0.677. The van der Waals surface area contributed by atoms with Gasteiger partial charge in [0.1, 0.15) is 11.8 Å². The number of methoxy groups -OCH3 is 4. The van der Waals surface area contributed by atoms with E-state index in [1.807, 2.05) is 19.9 Å². The van der Waals surface area contributed by atoms with Crippen molar-refractivity contribution in [3.63, 3.8) is 0 Å². The molecule has 0 unspecified atom stereocenters. The van der Waals surface area contributed by atoms with Crippen LogP contribution in [0.4, 0.5) is 17.1 Å². The Morgan fingerprint density at radius 1 is 0.833 bits per heavy atom. The fourth-order valence-electron chi connectivity index (χ4n) is 5.99. The zero-order valence-electron chi connectivity index (χ0n) is 28.7. The number of fused-ring (bicyclic) bond motifs is 3. The third-order valence-corrected chi connectivity index (χ3v) is 8.50. The number of aryl methyl sites for hydroxylation is 1. The Morgan fingerprint density at radius 3 is 2.15 bits per heavy atom. The van der Waals surface area contributed by atoms with Crippen molar-refractivity contribution < 1.29 is 33.3 Å². The van der Waals surface area contributed by atoms with Crippen LogP contribution in [0.2, 0.25) is 0 Å². The SMILES string of the molecule is CC[C@@H](C)[C@H](Nc1ccc2c(cc1=O)[C@@H](NC(C)=O)CCc1cc(OC)c(OC)c(OC)c1-2)C(=O)Nc1cc(NC(C)=O)ccc1OC. The summed E-state index contributed by atoms with van der Waals surface area (Å²) in [5, 5.41) is 11.8. The van der Waals surface area contributed by atoms with Crippen molar-refractivity contribution in [1.29, 1.82) is 0 Å². The predicted molar refractivity (Wildman–Crippen MR) is 185 cm³/mol. The summed E-state index contributed by atoms with van der Waals surface area (Å²) in [5.41, 5.74) is 3.60. The zero-order chi connectivity index (χ0) is 35.1. The van der Waals surface area contributed by atoms with Gasteiger partial charge in [-0.25, -0.2) is 0 Å². The van der Waals surface area contributed by atoms with E-state index < -0.39 is 18.0 Å². The van der Waals surface area contributed by atoms with Gasteiger partial charge in [0.2, 0.25) is 28.9 Å². The number of anilines is 3. The van der Waals surface area contributed by atoms with Crippen LogP contribution in [0.1, 0.15) is 57.7 Å². The molecule has 1 aliphatic carbocycles. The topological polar surface area (TPSA) is 153 Å². The molecule has 0 saturated heterocycles. The lowest BCUT2D eigenvalue weighted by Gasteiger charge is -2.24. The highest BCUT2D eigenvalue weighted by molar-refractivity contribution is 5.99. The molecule has 0 bridgehead atoms. The molecule has 3 amide bonds. The van der Waals surface area contributed by atoms with Crippen LogP contribution in [0.3, 0.4) is 0 Å². The maximum Gasteiger partial charge on any atom is 0.247 e. The number of benzene rings is 2. The van der Waals surface area contributed by atoms with Gasteiger partial charge in [0.25, 0.3) is 0 Å². The molecule has 12 heteroatoms. The number of rotatable bonds is 12. The first-order valence-corrected chi connectivity index (χ1v) is 15.8. The summed E-state index contributed by atoms with van der Waals surface area (Å²) in [7, 11) is 6.10. The maximum absolute atomic E-state index is 14.0. The minimum Gasteiger partial charge on any atom is -0.495 e. The molecule has 3 aromatic carbocycles. The highest BCUT2D eigenvalue weighted by Crippen LogP contribution is 2.50. The fraction of sp³-hybridized carbons (Fsp3) is 0.389. The molecule has 12 nitrogen and oxygen atoms in total. The second-order valence-electron chi connectivity index (χ2n) is 11.7. The highest BCUT2D eigenvalue weighted by Gasteiger charge is 2.30. The van der Waals surface area contributed by atoms with E-state index in [2.05, 4.69) is 21.3 Å². The molecular weight excluding hydrogens is 616 g/mol. The predicted octanol–water partition coefficient (Wildman–Crippen LogP) is 5.30. The smallest absolute Gasteiger partial charge is 0.247 e. The zero-order valence-corrected chi connectivity index (χ0v) is 28.7. The normalized spacial score (nSPS) is 14.5.